The van der Waals surface area contributed by atoms with Crippen molar-refractivity contribution in [2.45, 2.75) is 25.6 Å². The molecule has 0 saturated carbocycles. The molecule has 3 aliphatic rings. The predicted octanol–water partition coefficient (Wildman–Crippen LogP) is 2.14. The maximum absolute atomic E-state index is 12.6. The van der Waals surface area contributed by atoms with Gasteiger partial charge in [0.05, 0.1) is 19.6 Å². The topological polar surface area (TPSA) is 0 Å². The summed E-state index contributed by atoms with van der Waals surface area (Å²) >= 11 is 0. The zero-order valence-electron chi connectivity index (χ0n) is 6.90. The zero-order chi connectivity index (χ0) is 8.82. The minimum Gasteiger partial charge on any atom is -0.231 e. The van der Waals surface area contributed by atoms with Crippen LogP contribution in [0.5, 0.6) is 0 Å². The molecule has 3 heterocycles. The van der Waals surface area contributed by atoms with Gasteiger partial charge in [-0.2, -0.15) is 0 Å². The number of quaternary nitrogens is 1. The van der Waals surface area contributed by atoms with Crippen LogP contribution in [-0.2, 0) is 0 Å². The third-order valence-electron chi connectivity index (χ3n) is 3.43. The lowest BCUT2D eigenvalue weighted by atomic mass is 9.86. The second kappa shape index (κ2) is 2.37. The van der Waals surface area contributed by atoms with Crippen LogP contribution in [0.2, 0.25) is 0 Å². The highest BCUT2D eigenvalue weighted by molar-refractivity contribution is 4.72. The van der Waals surface area contributed by atoms with E-state index in [1.807, 2.05) is 0 Å². The average Bonchev–Trinajstić information content (AvgIpc) is 2.06. The molecular formula is C8H13F3N+. The van der Waals surface area contributed by atoms with Crippen molar-refractivity contribution in [2.75, 3.05) is 19.6 Å². The lowest BCUT2D eigenvalue weighted by Gasteiger charge is -2.48. The summed E-state index contributed by atoms with van der Waals surface area (Å²) in [5.74, 6) is 0.590. The van der Waals surface area contributed by atoms with Gasteiger partial charge in [0.2, 0.25) is 0 Å². The molecule has 12 heavy (non-hydrogen) atoms. The smallest absolute Gasteiger partial charge is 0.231 e. The van der Waals surface area contributed by atoms with Crippen LogP contribution in [0.1, 0.15) is 19.3 Å². The first-order valence-electron chi connectivity index (χ1n) is 4.46. The summed E-state index contributed by atoms with van der Waals surface area (Å²) in [5.41, 5.74) is 0. The molecule has 3 rings (SSSR count). The molecule has 3 saturated heterocycles. The normalized spacial score (nSPS) is 41.8. The first-order valence-corrected chi connectivity index (χ1v) is 4.46. The molecule has 4 heteroatoms. The number of hydrogen-bond acceptors (Lipinski definition) is 0. The fourth-order valence-corrected chi connectivity index (χ4v) is 2.44. The summed E-state index contributed by atoms with van der Waals surface area (Å²) in [5, 5.41) is 0. The maximum Gasteiger partial charge on any atom is 0.561 e. The van der Waals surface area contributed by atoms with Crippen molar-refractivity contribution < 1.29 is 17.7 Å². The van der Waals surface area contributed by atoms with Crippen LogP contribution in [0.15, 0.2) is 0 Å². The summed E-state index contributed by atoms with van der Waals surface area (Å²) < 4.78 is 37.2. The van der Waals surface area contributed by atoms with E-state index in [2.05, 4.69) is 0 Å². The minimum absolute atomic E-state index is 0.328. The number of halogens is 3. The Morgan fingerprint density at radius 3 is 1.58 bits per heavy atom. The van der Waals surface area contributed by atoms with Crippen LogP contribution >= 0.6 is 0 Å². The van der Waals surface area contributed by atoms with Gasteiger partial charge in [-0.1, -0.05) is 0 Å². The van der Waals surface area contributed by atoms with Crippen LogP contribution in [0, 0.1) is 5.92 Å². The van der Waals surface area contributed by atoms with Gasteiger partial charge in [0, 0.05) is 19.3 Å². The van der Waals surface area contributed by atoms with E-state index in [0.717, 1.165) is 19.3 Å². The van der Waals surface area contributed by atoms with Crippen LogP contribution < -0.4 is 0 Å². The van der Waals surface area contributed by atoms with Crippen molar-refractivity contribution in [2.24, 2.45) is 5.92 Å². The third kappa shape index (κ3) is 1.04. The molecular weight excluding hydrogens is 167 g/mol. The van der Waals surface area contributed by atoms with E-state index < -0.39 is 10.8 Å². The van der Waals surface area contributed by atoms with Crippen molar-refractivity contribution in [3.63, 3.8) is 0 Å². The average molecular weight is 180 g/mol. The number of hydrogen-bond donors (Lipinski definition) is 0. The van der Waals surface area contributed by atoms with Crippen molar-refractivity contribution in [3.05, 3.63) is 0 Å². The van der Waals surface area contributed by atoms with Gasteiger partial charge >= 0.3 is 6.30 Å². The molecule has 0 radical (unpaired) electrons. The molecule has 1 nitrogen and oxygen atoms in total. The molecule has 0 atom stereocenters. The maximum atomic E-state index is 12.6. The quantitative estimate of drug-likeness (QED) is 0.395. The fourth-order valence-electron chi connectivity index (χ4n) is 2.44. The first-order chi connectivity index (χ1) is 5.54. The number of piperidine rings is 3. The standard InChI is InChI=1S/C8H13F3N/c9-8(10,11)12-4-1-7(2-5-12)3-6-12/h7H,1-6H2/q+1. The van der Waals surface area contributed by atoms with Crippen molar-refractivity contribution >= 4 is 0 Å². The van der Waals surface area contributed by atoms with Gasteiger partial charge in [-0.15, -0.1) is 13.2 Å². The van der Waals surface area contributed by atoms with Gasteiger partial charge in [0.15, 0.2) is 0 Å². The number of alkyl halides is 3. The first kappa shape index (κ1) is 8.35. The highest BCUT2D eigenvalue weighted by Crippen LogP contribution is 2.42. The van der Waals surface area contributed by atoms with E-state index in [0.29, 0.717) is 25.6 Å². The Bertz CT molecular complexity index is 165. The molecule has 0 spiro atoms. The van der Waals surface area contributed by atoms with Crippen LogP contribution in [0.3, 0.4) is 0 Å². The summed E-state index contributed by atoms with van der Waals surface area (Å²) in [7, 11) is 0. The van der Waals surface area contributed by atoms with Gasteiger partial charge in [-0.3, -0.25) is 0 Å². The molecule has 0 amide bonds. The Morgan fingerprint density at radius 2 is 1.33 bits per heavy atom. The SMILES string of the molecule is FC(F)(F)[N+]12CCC(CC1)CC2. The monoisotopic (exact) mass is 180 g/mol. The van der Waals surface area contributed by atoms with Crippen LogP contribution in [0.4, 0.5) is 13.2 Å². The number of nitrogens with zero attached hydrogens (tertiary/aromatic N) is 1. The Labute approximate surface area is 69.7 Å². The lowest BCUT2D eigenvalue weighted by molar-refractivity contribution is -1.04. The molecule has 2 bridgehead atoms. The largest absolute Gasteiger partial charge is 0.561 e. The second-order valence-electron chi connectivity index (χ2n) is 4.02. The zero-order valence-corrected chi connectivity index (χ0v) is 6.90. The predicted molar refractivity (Wildman–Crippen MR) is 38.3 cm³/mol. The molecule has 3 fully saturated rings. The molecule has 70 valence electrons. The minimum atomic E-state index is -4.01. The van der Waals surface area contributed by atoms with Gasteiger partial charge in [-0.05, 0) is 5.92 Å². The van der Waals surface area contributed by atoms with E-state index in [9.17, 15) is 13.2 Å². The Morgan fingerprint density at radius 1 is 0.917 bits per heavy atom. The third-order valence-corrected chi connectivity index (χ3v) is 3.43. The molecule has 0 aromatic rings. The lowest BCUT2D eigenvalue weighted by Crippen LogP contribution is -2.65. The Hall–Kier alpha value is -0.250. The Balaban J connectivity index is 2.19. The number of rotatable bonds is 0. The summed E-state index contributed by atoms with van der Waals surface area (Å²) in [4.78, 5) is 0. The van der Waals surface area contributed by atoms with Crippen LogP contribution in [0.25, 0.3) is 0 Å². The Kier molecular flexibility index (Phi) is 1.65. The fraction of sp³-hybridized carbons (Fsp3) is 1.00. The van der Waals surface area contributed by atoms with Crippen molar-refractivity contribution in [1.82, 2.24) is 0 Å². The molecule has 3 aliphatic heterocycles. The van der Waals surface area contributed by atoms with E-state index in [1.165, 1.54) is 0 Å². The van der Waals surface area contributed by atoms with E-state index in [-0.39, 0.29) is 0 Å². The van der Waals surface area contributed by atoms with Crippen molar-refractivity contribution in [3.8, 4) is 0 Å². The molecule has 0 aliphatic carbocycles. The van der Waals surface area contributed by atoms with Crippen molar-refractivity contribution in [1.29, 1.82) is 0 Å². The van der Waals surface area contributed by atoms with E-state index in [4.69, 9.17) is 0 Å². The summed E-state index contributed by atoms with van der Waals surface area (Å²) in [6.45, 7) is 0.983. The van der Waals surface area contributed by atoms with E-state index >= 15 is 0 Å². The number of fused-ring (bicyclic) bond motifs is 3. The highest BCUT2D eigenvalue weighted by atomic mass is 19.4. The second-order valence-corrected chi connectivity index (χ2v) is 4.02. The van der Waals surface area contributed by atoms with Gasteiger partial charge in [0.25, 0.3) is 0 Å². The van der Waals surface area contributed by atoms with Gasteiger partial charge < -0.3 is 0 Å². The summed E-state index contributed by atoms with van der Waals surface area (Å²) in [6, 6.07) is 0. The van der Waals surface area contributed by atoms with Crippen LogP contribution in [-0.4, -0.2) is 30.4 Å². The molecule has 0 unspecified atom stereocenters. The highest BCUT2D eigenvalue weighted by Gasteiger charge is 2.58. The van der Waals surface area contributed by atoms with Gasteiger partial charge in [0.1, 0.15) is 0 Å². The molecule has 0 aromatic heterocycles. The van der Waals surface area contributed by atoms with E-state index in [1.54, 1.807) is 0 Å². The molecule has 0 aromatic carbocycles. The molecule has 0 N–H and O–H groups in total. The summed E-state index contributed by atoms with van der Waals surface area (Å²) in [6.07, 6.45) is -1.68. The van der Waals surface area contributed by atoms with Gasteiger partial charge in [-0.25, -0.2) is 4.48 Å².